The van der Waals surface area contributed by atoms with Crippen molar-refractivity contribution in [2.24, 2.45) is 0 Å². The van der Waals surface area contributed by atoms with Gasteiger partial charge in [0.05, 0.1) is 11.3 Å². The molecule has 0 radical (unpaired) electrons. The number of hydrogen-bond donors (Lipinski definition) is 3. The Kier molecular flexibility index (Phi) is 8.05. The number of anilines is 1. The number of amides is 1. The highest BCUT2D eigenvalue weighted by molar-refractivity contribution is 7.99. The van der Waals surface area contributed by atoms with Gasteiger partial charge in [0.2, 0.25) is 0 Å². The van der Waals surface area contributed by atoms with Crippen LogP contribution in [0.1, 0.15) is 65.6 Å². The number of H-pyrrole nitrogens is 1. The third-order valence-electron chi connectivity index (χ3n) is 6.24. The summed E-state index contributed by atoms with van der Waals surface area (Å²) >= 11 is 1.68. The summed E-state index contributed by atoms with van der Waals surface area (Å²) in [5, 5.41) is 13.6. The van der Waals surface area contributed by atoms with Crippen LogP contribution in [0.5, 0.6) is 0 Å². The number of carbonyl (C=O) groups excluding carboxylic acids is 1. The fourth-order valence-corrected chi connectivity index (χ4v) is 5.61. The number of nitrogens with one attached hydrogen (secondary N) is 2. The third-order valence-corrected chi connectivity index (χ3v) is 7.63. The summed E-state index contributed by atoms with van der Waals surface area (Å²) in [4.78, 5) is 33.7. The minimum Gasteiger partial charge on any atom is -0.382 e. The maximum Gasteiger partial charge on any atom is 0.261 e. The standard InChI is InChI=1S/C23H31FN4O3S.CH4/c1-23(2,31)22(30)28-9-7-16(8-10-28)32-13-19-26-18-12-15(25-14-5-3-4-6-14)11-17(24)20(18)21(29)27-19;/h11-12,14,16,25,31H,3-10,13H2,1-2H3,(H,26,27,29);1H4. The molecule has 33 heavy (non-hydrogen) atoms. The molecule has 0 unspecified atom stereocenters. The topological polar surface area (TPSA) is 98.3 Å². The second-order valence-electron chi connectivity index (χ2n) is 9.35. The lowest BCUT2D eigenvalue weighted by Crippen LogP contribution is -2.48. The van der Waals surface area contributed by atoms with E-state index < -0.39 is 17.0 Å². The first-order valence-corrected chi connectivity index (χ1v) is 12.4. The van der Waals surface area contributed by atoms with Crippen molar-refractivity contribution in [2.75, 3.05) is 18.4 Å². The number of fused-ring (bicyclic) bond motifs is 1. The molecule has 1 saturated heterocycles. The first kappa shape index (κ1) is 25.5. The van der Waals surface area contributed by atoms with Crippen molar-refractivity contribution in [3.63, 3.8) is 0 Å². The number of nitrogens with zero attached hydrogens (tertiary/aromatic N) is 2. The monoisotopic (exact) mass is 478 g/mol. The van der Waals surface area contributed by atoms with Crippen LogP contribution in [-0.2, 0) is 10.5 Å². The van der Waals surface area contributed by atoms with E-state index in [-0.39, 0.29) is 18.7 Å². The van der Waals surface area contributed by atoms with E-state index in [1.807, 2.05) is 0 Å². The van der Waals surface area contributed by atoms with Gasteiger partial charge in [-0.3, -0.25) is 9.59 Å². The molecule has 182 valence electrons. The quantitative estimate of drug-likeness (QED) is 0.580. The van der Waals surface area contributed by atoms with Gasteiger partial charge >= 0.3 is 0 Å². The van der Waals surface area contributed by atoms with Gasteiger partial charge in [0.25, 0.3) is 11.5 Å². The number of aliphatic hydroxyl groups is 1. The molecule has 1 aliphatic carbocycles. The van der Waals surface area contributed by atoms with Gasteiger partial charge < -0.3 is 20.3 Å². The van der Waals surface area contributed by atoms with Gasteiger partial charge in [-0.05, 0) is 51.7 Å². The summed E-state index contributed by atoms with van der Waals surface area (Å²) in [5.74, 6) is 0.238. The Labute approximate surface area is 198 Å². The predicted molar refractivity (Wildman–Crippen MR) is 132 cm³/mol. The lowest BCUT2D eigenvalue weighted by atomic mass is 10.0. The Bertz CT molecular complexity index is 1040. The van der Waals surface area contributed by atoms with E-state index in [0.29, 0.717) is 47.2 Å². The van der Waals surface area contributed by atoms with E-state index in [9.17, 15) is 19.1 Å². The van der Waals surface area contributed by atoms with Crippen LogP contribution in [-0.4, -0.2) is 55.9 Å². The lowest BCUT2D eigenvalue weighted by molar-refractivity contribution is -0.148. The number of benzene rings is 1. The molecule has 1 amide bonds. The van der Waals surface area contributed by atoms with Crippen molar-refractivity contribution in [1.29, 1.82) is 0 Å². The van der Waals surface area contributed by atoms with E-state index >= 15 is 0 Å². The molecular formula is C24H35FN4O3S. The normalized spacial score (nSPS) is 17.9. The average molecular weight is 479 g/mol. The largest absolute Gasteiger partial charge is 0.382 e. The van der Waals surface area contributed by atoms with Crippen LogP contribution in [0.4, 0.5) is 10.1 Å². The molecule has 1 saturated carbocycles. The predicted octanol–water partition coefficient (Wildman–Crippen LogP) is 4.05. The van der Waals surface area contributed by atoms with Crippen molar-refractivity contribution in [3.05, 3.63) is 34.1 Å². The van der Waals surface area contributed by atoms with Crippen molar-refractivity contribution >= 4 is 34.3 Å². The SMILES string of the molecule is C.CC(C)(O)C(=O)N1CCC(SCc2nc3cc(NC4CCCC4)cc(F)c3c(=O)[nH]2)CC1. The van der Waals surface area contributed by atoms with Gasteiger partial charge in [0.15, 0.2) is 0 Å². The Hall–Kier alpha value is -2.13. The van der Waals surface area contributed by atoms with E-state index in [2.05, 4.69) is 15.3 Å². The molecule has 1 aliphatic heterocycles. The second kappa shape index (κ2) is 10.4. The molecule has 4 rings (SSSR count). The van der Waals surface area contributed by atoms with Gasteiger partial charge in [0.1, 0.15) is 22.6 Å². The van der Waals surface area contributed by atoms with E-state index in [0.717, 1.165) is 25.7 Å². The Morgan fingerprint density at radius 2 is 1.94 bits per heavy atom. The van der Waals surface area contributed by atoms with Crippen LogP contribution in [0.2, 0.25) is 0 Å². The molecule has 2 aliphatic rings. The Balaban J connectivity index is 0.00000306. The third kappa shape index (κ3) is 6.06. The summed E-state index contributed by atoms with van der Waals surface area (Å²) in [5.41, 5.74) is -0.770. The smallest absolute Gasteiger partial charge is 0.261 e. The zero-order valence-electron chi connectivity index (χ0n) is 18.6. The molecule has 3 N–H and O–H groups in total. The van der Waals surface area contributed by atoms with Crippen LogP contribution in [0.3, 0.4) is 0 Å². The van der Waals surface area contributed by atoms with E-state index in [1.54, 1.807) is 22.7 Å². The number of thioether (sulfide) groups is 1. The summed E-state index contributed by atoms with van der Waals surface area (Å²) in [6.07, 6.45) is 6.13. The summed E-state index contributed by atoms with van der Waals surface area (Å²) < 4.78 is 14.6. The number of piperidine rings is 1. The van der Waals surface area contributed by atoms with E-state index in [4.69, 9.17) is 0 Å². The molecular weight excluding hydrogens is 443 g/mol. The molecule has 2 heterocycles. The number of aromatic nitrogens is 2. The average Bonchev–Trinajstić information content (AvgIpc) is 3.24. The first-order valence-electron chi connectivity index (χ1n) is 11.3. The lowest BCUT2D eigenvalue weighted by Gasteiger charge is -2.34. The fraction of sp³-hybridized carbons (Fsp3) is 0.625. The van der Waals surface area contributed by atoms with Gasteiger partial charge in [-0.25, -0.2) is 9.37 Å². The molecule has 9 heteroatoms. The molecule has 0 bridgehead atoms. The van der Waals surface area contributed by atoms with Crippen molar-refractivity contribution in [2.45, 2.75) is 82.4 Å². The molecule has 2 aromatic rings. The number of likely N-dealkylation sites (tertiary alicyclic amines) is 1. The van der Waals surface area contributed by atoms with Crippen LogP contribution in [0.15, 0.2) is 16.9 Å². The Morgan fingerprint density at radius 1 is 1.27 bits per heavy atom. The van der Waals surface area contributed by atoms with Crippen LogP contribution >= 0.6 is 11.8 Å². The van der Waals surface area contributed by atoms with Gasteiger partial charge in [-0.2, -0.15) is 11.8 Å². The van der Waals surface area contributed by atoms with E-state index in [1.165, 1.54) is 32.8 Å². The molecule has 1 aromatic carbocycles. The highest BCUT2D eigenvalue weighted by Gasteiger charge is 2.32. The summed E-state index contributed by atoms with van der Waals surface area (Å²) in [7, 11) is 0. The zero-order chi connectivity index (χ0) is 22.9. The molecule has 7 nitrogen and oxygen atoms in total. The number of carbonyl (C=O) groups is 1. The minimum atomic E-state index is -1.35. The fourth-order valence-electron chi connectivity index (χ4n) is 4.54. The van der Waals surface area contributed by atoms with Crippen LogP contribution < -0.4 is 10.9 Å². The maximum atomic E-state index is 14.6. The second-order valence-corrected chi connectivity index (χ2v) is 10.6. The highest BCUT2D eigenvalue weighted by Crippen LogP contribution is 2.28. The molecule has 2 fully saturated rings. The minimum absolute atomic E-state index is 0. The maximum absolute atomic E-state index is 14.6. The number of halogens is 1. The van der Waals surface area contributed by atoms with Crippen molar-refractivity contribution in [3.8, 4) is 0 Å². The zero-order valence-corrected chi connectivity index (χ0v) is 19.4. The van der Waals surface area contributed by atoms with Crippen molar-refractivity contribution in [1.82, 2.24) is 14.9 Å². The number of hydrogen-bond acceptors (Lipinski definition) is 6. The first-order chi connectivity index (χ1) is 15.2. The molecule has 0 spiro atoms. The van der Waals surface area contributed by atoms with Crippen LogP contribution in [0, 0.1) is 5.82 Å². The van der Waals surface area contributed by atoms with Crippen LogP contribution in [0.25, 0.3) is 10.9 Å². The molecule has 0 atom stereocenters. The molecule has 1 aromatic heterocycles. The van der Waals surface area contributed by atoms with Crippen molar-refractivity contribution < 1.29 is 14.3 Å². The van der Waals surface area contributed by atoms with Gasteiger partial charge in [0, 0.05) is 30.1 Å². The number of rotatable bonds is 6. The Morgan fingerprint density at radius 3 is 2.58 bits per heavy atom. The highest BCUT2D eigenvalue weighted by atomic mass is 32.2. The number of aromatic amines is 1. The summed E-state index contributed by atoms with van der Waals surface area (Å²) in [6.45, 7) is 4.22. The van der Waals surface area contributed by atoms with Gasteiger partial charge in [-0.1, -0.05) is 20.3 Å². The summed E-state index contributed by atoms with van der Waals surface area (Å²) in [6, 6.07) is 3.49. The van der Waals surface area contributed by atoms with Gasteiger partial charge in [-0.15, -0.1) is 0 Å².